The van der Waals surface area contributed by atoms with Gasteiger partial charge in [-0.2, -0.15) is 4.98 Å². The third kappa shape index (κ3) is 3.07. The van der Waals surface area contributed by atoms with Crippen molar-refractivity contribution in [3.8, 4) is 17.1 Å². The Morgan fingerprint density at radius 2 is 1.86 bits per heavy atom. The highest BCUT2D eigenvalue weighted by Gasteiger charge is 2.12. The summed E-state index contributed by atoms with van der Waals surface area (Å²) in [5, 5.41) is 20.0. The quantitative estimate of drug-likeness (QED) is 0.429. The number of aromatic nitrogens is 4. The van der Waals surface area contributed by atoms with Gasteiger partial charge in [-0.15, -0.1) is 5.10 Å². The van der Waals surface area contributed by atoms with E-state index in [1.165, 1.54) is 0 Å². The van der Waals surface area contributed by atoms with Crippen molar-refractivity contribution in [3.05, 3.63) is 72.9 Å². The van der Waals surface area contributed by atoms with E-state index in [0.29, 0.717) is 19.0 Å². The van der Waals surface area contributed by atoms with Crippen molar-refractivity contribution in [3.63, 3.8) is 0 Å². The fraction of sp³-hybridized carbons (Fsp3) is 0.0909. The van der Waals surface area contributed by atoms with Gasteiger partial charge in [0, 0.05) is 41.3 Å². The molecule has 0 atom stereocenters. The van der Waals surface area contributed by atoms with Crippen LogP contribution in [-0.4, -0.2) is 30.8 Å². The molecule has 29 heavy (non-hydrogen) atoms. The number of nitrogens with two attached hydrogens (primary N) is 1. The summed E-state index contributed by atoms with van der Waals surface area (Å²) in [6.07, 6.45) is 1.92. The van der Waals surface area contributed by atoms with Crippen LogP contribution in [0.25, 0.3) is 27.7 Å². The van der Waals surface area contributed by atoms with Crippen LogP contribution in [-0.2, 0) is 6.54 Å². The summed E-state index contributed by atoms with van der Waals surface area (Å²) in [5.74, 6) is 0.779. The zero-order valence-corrected chi connectivity index (χ0v) is 15.7. The third-order valence-electron chi connectivity index (χ3n) is 4.91. The SMILES string of the molecule is NCCn1cc2cc(-c3cccc4nc(Nc5ccccc5)nn34)ccc2c1O. The second kappa shape index (κ2) is 6.96. The van der Waals surface area contributed by atoms with Gasteiger partial charge in [-0.05, 0) is 36.4 Å². The number of anilines is 2. The Bertz CT molecular complexity index is 1310. The standard InChI is InChI=1S/C22H20N6O/c23-11-12-27-14-16-13-15(9-10-18(16)21(27)29)19-7-4-8-20-25-22(26-28(19)20)24-17-5-2-1-3-6-17/h1-10,13-14,29H,11-12,23H2,(H,24,26). The molecule has 0 saturated heterocycles. The molecule has 4 N–H and O–H groups in total. The molecule has 0 aliphatic carbocycles. The van der Waals surface area contributed by atoms with E-state index in [-0.39, 0.29) is 5.88 Å². The van der Waals surface area contributed by atoms with E-state index in [4.69, 9.17) is 5.73 Å². The predicted molar refractivity (Wildman–Crippen MR) is 114 cm³/mol. The first-order valence-electron chi connectivity index (χ1n) is 9.43. The number of pyridine rings is 1. The first kappa shape index (κ1) is 17.3. The molecule has 0 spiro atoms. The molecule has 0 bridgehead atoms. The summed E-state index contributed by atoms with van der Waals surface area (Å²) in [5.41, 5.74) is 9.23. The molecule has 0 amide bonds. The highest BCUT2D eigenvalue weighted by Crippen LogP contribution is 2.31. The first-order valence-corrected chi connectivity index (χ1v) is 9.43. The molecule has 0 aliphatic heterocycles. The largest absolute Gasteiger partial charge is 0.494 e. The smallest absolute Gasteiger partial charge is 0.247 e. The highest BCUT2D eigenvalue weighted by atomic mass is 16.3. The number of nitrogens with one attached hydrogen (secondary N) is 1. The van der Waals surface area contributed by atoms with Crippen LogP contribution in [0, 0.1) is 0 Å². The van der Waals surface area contributed by atoms with Crippen LogP contribution < -0.4 is 11.1 Å². The number of fused-ring (bicyclic) bond motifs is 2. The summed E-state index contributed by atoms with van der Waals surface area (Å²) in [7, 11) is 0. The molecule has 0 aliphatic rings. The van der Waals surface area contributed by atoms with Crippen LogP contribution in [0.2, 0.25) is 0 Å². The summed E-state index contributed by atoms with van der Waals surface area (Å²) in [6, 6.07) is 21.7. The number of rotatable bonds is 5. The number of benzene rings is 2. The lowest BCUT2D eigenvalue weighted by atomic mass is 10.1. The molecular formula is C22H20N6O. The van der Waals surface area contributed by atoms with Crippen molar-refractivity contribution in [2.24, 2.45) is 5.73 Å². The van der Waals surface area contributed by atoms with E-state index in [0.717, 1.165) is 33.4 Å². The van der Waals surface area contributed by atoms with Gasteiger partial charge >= 0.3 is 0 Å². The number of hydrogen-bond donors (Lipinski definition) is 3. The van der Waals surface area contributed by atoms with Crippen LogP contribution in [0.5, 0.6) is 5.88 Å². The summed E-state index contributed by atoms with van der Waals surface area (Å²) in [4.78, 5) is 4.58. The lowest BCUT2D eigenvalue weighted by Crippen LogP contribution is -2.08. The molecule has 5 aromatic rings. The van der Waals surface area contributed by atoms with Crippen LogP contribution in [0.15, 0.2) is 72.9 Å². The predicted octanol–water partition coefficient (Wildman–Crippen LogP) is 3.76. The van der Waals surface area contributed by atoms with E-state index < -0.39 is 0 Å². The van der Waals surface area contributed by atoms with E-state index in [2.05, 4.69) is 15.4 Å². The van der Waals surface area contributed by atoms with Gasteiger partial charge in [0.15, 0.2) is 11.5 Å². The molecule has 0 saturated carbocycles. The number of hydrogen-bond acceptors (Lipinski definition) is 5. The Morgan fingerprint density at radius 3 is 2.69 bits per heavy atom. The molecule has 0 radical (unpaired) electrons. The maximum atomic E-state index is 10.4. The van der Waals surface area contributed by atoms with Gasteiger partial charge in [0.05, 0.1) is 5.69 Å². The zero-order valence-electron chi connectivity index (χ0n) is 15.7. The van der Waals surface area contributed by atoms with Crippen molar-refractivity contribution in [2.45, 2.75) is 6.54 Å². The Balaban J connectivity index is 1.57. The molecule has 7 heteroatoms. The average Bonchev–Trinajstić information content (AvgIpc) is 3.29. The number of nitrogens with zero attached hydrogens (tertiary/aromatic N) is 4. The fourth-order valence-corrected chi connectivity index (χ4v) is 3.55. The van der Waals surface area contributed by atoms with E-state index in [1.807, 2.05) is 77.4 Å². The number of aromatic hydroxyl groups is 1. The minimum atomic E-state index is 0.241. The Hall–Kier alpha value is -3.84. The van der Waals surface area contributed by atoms with Gasteiger partial charge in [-0.25, -0.2) is 4.52 Å². The van der Waals surface area contributed by atoms with E-state index in [9.17, 15) is 5.11 Å². The fourth-order valence-electron chi connectivity index (χ4n) is 3.55. The molecule has 144 valence electrons. The number of para-hydroxylation sites is 1. The monoisotopic (exact) mass is 384 g/mol. The van der Waals surface area contributed by atoms with Crippen LogP contribution in [0.1, 0.15) is 0 Å². The van der Waals surface area contributed by atoms with Crippen LogP contribution in [0.3, 0.4) is 0 Å². The maximum Gasteiger partial charge on any atom is 0.247 e. The molecule has 0 unspecified atom stereocenters. The minimum absolute atomic E-state index is 0.241. The normalized spacial score (nSPS) is 11.3. The van der Waals surface area contributed by atoms with Gasteiger partial charge in [-0.1, -0.05) is 30.3 Å². The molecule has 3 heterocycles. The topological polar surface area (TPSA) is 93.4 Å². The second-order valence-electron chi connectivity index (χ2n) is 6.84. The molecule has 5 rings (SSSR count). The lowest BCUT2D eigenvalue weighted by molar-refractivity contribution is 0.424. The summed E-state index contributed by atoms with van der Waals surface area (Å²) >= 11 is 0. The van der Waals surface area contributed by atoms with Gasteiger partial charge in [0.25, 0.3) is 0 Å². The molecule has 0 fully saturated rings. The molecule has 7 nitrogen and oxygen atoms in total. The van der Waals surface area contributed by atoms with Gasteiger partial charge in [-0.3, -0.25) is 0 Å². The zero-order chi connectivity index (χ0) is 19.8. The van der Waals surface area contributed by atoms with Gasteiger partial charge in [0.2, 0.25) is 5.95 Å². The Morgan fingerprint density at radius 1 is 1.00 bits per heavy atom. The molecule has 3 aromatic heterocycles. The van der Waals surface area contributed by atoms with E-state index >= 15 is 0 Å². The lowest BCUT2D eigenvalue weighted by Gasteiger charge is -2.04. The second-order valence-corrected chi connectivity index (χ2v) is 6.84. The molecular weight excluding hydrogens is 364 g/mol. The van der Waals surface area contributed by atoms with Crippen LogP contribution in [0.4, 0.5) is 11.6 Å². The molecule has 2 aromatic carbocycles. The Labute approximate surface area is 167 Å². The minimum Gasteiger partial charge on any atom is -0.494 e. The third-order valence-corrected chi connectivity index (χ3v) is 4.91. The van der Waals surface area contributed by atoms with Crippen molar-refractivity contribution < 1.29 is 5.11 Å². The van der Waals surface area contributed by atoms with E-state index in [1.54, 1.807) is 4.57 Å². The van der Waals surface area contributed by atoms with Crippen molar-refractivity contribution in [1.29, 1.82) is 0 Å². The van der Waals surface area contributed by atoms with Gasteiger partial charge < -0.3 is 20.7 Å². The van der Waals surface area contributed by atoms with Crippen molar-refractivity contribution in [2.75, 3.05) is 11.9 Å². The van der Waals surface area contributed by atoms with Crippen molar-refractivity contribution in [1.82, 2.24) is 19.2 Å². The summed E-state index contributed by atoms with van der Waals surface area (Å²) < 4.78 is 3.59. The maximum absolute atomic E-state index is 10.4. The van der Waals surface area contributed by atoms with Crippen molar-refractivity contribution >= 4 is 28.1 Å². The van der Waals surface area contributed by atoms with Crippen LogP contribution >= 0.6 is 0 Å². The highest BCUT2D eigenvalue weighted by molar-refractivity contribution is 5.91. The average molecular weight is 384 g/mol. The first-order chi connectivity index (χ1) is 14.2. The Kier molecular flexibility index (Phi) is 4.14. The summed E-state index contributed by atoms with van der Waals surface area (Å²) in [6.45, 7) is 1.04. The van der Waals surface area contributed by atoms with Gasteiger partial charge in [0.1, 0.15) is 0 Å².